The van der Waals surface area contributed by atoms with E-state index in [4.69, 9.17) is 16.3 Å². The molecule has 0 amide bonds. The lowest BCUT2D eigenvalue weighted by Gasteiger charge is -2.23. The Bertz CT molecular complexity index is 393. The van der Waals surface area contributed by atoms with E-state index in [1.807, 2.05) is 0 Å². The predicted octanol–water partition coefficient (Wildman–Crippen LogP) is 3.04. The average molecular weight is 272 g/mol. The largest absolute Gasteiger partial charge is 0.381 e. The second-order valence-electron chi connectivity index (χ2n) is 4.73. The minimum absolute atomic E-state index is 0.179. The van der Waals surface area contributed by atoms with Crippen LogP contribution in [-0.4, -0.2) is 25.8 Å². The second-order valence-corrected chi connectivity index (χ2v) is 5.16. The molecule has 0 radical (unpaired) electrons. The molecule has 0 bridgehead atoms. The van der Waals surface area contributed by atoms with Crippen molar-refractivity contribution in [3.8, 4) is 0 Å². The molecular weight excluding hydrogens is 253 g/mol. The number of hydrogen-bond acceptors (Lipinski definition) is 2. The van der Waals surface area contributed by atoms with Crippen LogP contribution in [0, 0.1) is 11.7 Å². The van der Waals surface area contributed by atoms with Gasteiger partial charge in [-0.05, 0) is 43.1 Å². The highest BCUT2D eigenvalue weighted by Gasteiger charge is 2.26. The van der Waals surface area contributed by atoms with Crippen molar-refractivity contribution < 1.29 is 9.13 Å². The van der Waals surface area contributed by atoms with Gasteiger partial charge in [0.05, 0.1) is 6.61 Å². The highest BCUT2D eigenvalue weighted by Crippen LogP contribution is 2.22. The van der Waals surface area contributed by atoms with Crippen molar-refractivity contribution in [2.75, 3.05) is 19.8 Å². The maximum atomic E-state index is 13.7. The molecule has 0 aromatic heterocycles. The molecule has 2 atom stereocenters. The molecule has 1 aromatic rings. The number of halogens is 2. The fraction of sp³-hybridized carbons (Fsp3) is 0.571. The van der Waals surface area contributed by atoms with Crippen molar-refractivity contribution in [1.82, 2.24) is 5.32 Å². The molecule has 4 heteroatoms. The summed E-state index contributed by atoms with van der Waals surface area (Å²) in [6.07, 6.45) is 1.70. The van der Waals surface area contributed by atoms with Gasteiger partial charge in [-0.1, -0.05) is 18.5 Å². The summed E-state index contributed by atoms with van der Waals surface area (Å²) in [7, 11) is 0. The van der Waals surface area contributed by atoms with Crippen LogP contribution in [0.1, 0.15) is 18.9 Å². The average Bonchev–Trinajstić information content (AvgIpc) is 2.87. The zero-order chi connectivity index (χ0) is 13.0. The van der Waals surface area contributed by atoms with Crippen LogP contribution >= 0.6 is 11.6 Å². The fourth-order valence-corrected chi connectivity index (χ4v) is 2.67. The lowest BCUT2D eigenvalue weighted by atomic mass is 9.92. The van der Waals surface area contributed by atoms with Crippen LogP contribution in [0.5, 0.6) is 0 Å². The summed E-state index contributed by atoms with van der Waals surface area (Å²) in [5.74, 6) is 0.282. The molecule has 18 heavy (non-hydrogen) atoms. The standard InChI is InChI=1S/C14H19ClFNO/c1-2-17-14(10-5-6-18-9-10)8-11-7-12(15)3-4-13(11)16/h3-4,7,10,14,17H,2,5-6,8-9H2,1H3. The summed E-state index contributed by atoms with van der Waals surface area (Å²) in [4.78, 5) is 0. The highest BCUT2D eigenvalue weighted by atomic mass is 35.5. The molecule has 1 fully saturated rings. The molecular formula is C14H19ClFNO. The van der Waals surface area contributed by atoms with E-state index in [-0.39, 0.29) is 11.9 Å². The number of likely N-dealkylation sites (N-methyl/N-ethyl adjacent to an activating group) is 1. The Morgan fingerprint density at radius 1 is 1.56 bits per heavy atom. The summed E-state index contributed by atoms with van der Waals surface area (Å²) in [5.41, 5.74) is 0.681. The Kier molecular flexibility index (Phi) is 4.98. The van der Waals surface area contributed by atoms with Crippen LogP contribution in [-0.2, 0) is 11.2 Å². The van der Waals surface area contributed by atoms with E-state index in [0.717, 1.165) is 26.2 Å². The van der Waals surface area contributed by atoms with E-state index in [9.17, 15) is 4.39 Å². The number of hydrogen-bond donors (Lipinski definition) is 1. The molecule has 100 valence electrons. The van der Waals surface area contributed by atoms with Gasteiger partial charge in [0.25, 0.3) is 0 Å². The van der Waals surface area contributed by atoms with E-state index in [2.05, 4.69) is 12.2 Å². The fourth-order valence-electron chi connectivity index (χ4n) is 2.47. The zero-order valence-corrected chi connectivity index (χ0v) is 11.3. The van der Waals surface area contributed by atoms with Crippen molar-refractivity contribution in [3.05, 3.63) is 34.6 Å². The van der Waals surface area contributed by atoms with Gasteiger partial charge in [-0.25, -0.2) is 4.39 Å². The zero-order valence-electron chi connectivity index (χ0n) is 10.6. The molecule has 2 rings (SSSR count). The van der Waals surface area contributed by atoms with Gasteiger partial charge in [0.1, 0.15) is 5.82 Å². The summed E-state index contributed by atoms with van der Waals surface area (Å²) in [5, 5.41) is 4.02. The lowest BCUT2D eigenvalue weighted by Crippen LogP contribution is -2.38. The van der Waals surface area contributed by atoms with Crippen molar-refractivity contribution >= 4 is 11.6 Å². The summed E-state index contributed by atoms with van der Waals surface area (Å²) in [6, 6.07) is 5.00. The van der Waals surface area contributed by atoms with Crippen LogP contribution in [0.25, 0.3) is 0 Å². The first-order valence-electron chi connectivity index (χ1n) is 6.45. The molecule has 1 aliphatic heterocycles. The minimum Gasteiger partial charge on any atom is -0.381 e. The molecule has 1 aromatic carbocycles. The maximum absolute atomic E-state index is 13.7. The maximum Gasteiger partial charge on any atom is 0.126 e. The Morgan fingerprint density at radius 2 is 2.39 bits per heavy atom. The lowest BCUT2D eigenvalue weighted by molar-refractivity contribution is 0.176. The molecule has 2 unspecified atom stereocenters. The van der Waals surface area contributed by atoms with Crippen LogP contribution in [0.2, 0.25) is 5.02 Å². The number of rotatable bonds is 5. The van der Waals surface area contributed by atoms with E-state index < -0.39 is 0 Å². The van der Waals surface area contributed by atoms with Crippen LogP contribution in [0.3, 0.4) is 0 Å². The topological polar surface area (TPSA) is 21.3 Å². The number of nitrogens with one attached hydrogen (secondary N) is 1. The smallest absolute Gasteiger partial charge is 0.126 e. The SMILES string of the molecule is CCNC(Cc1cc(Cl)ccc1F)C1CCOC1. The van der Waals surface area contributed by atoms with Crippen molar-refractivity contribution in [2.24, 2.45) is 5.92 Å². The molecule has 1 N–H and O–H groups in total. The highest BCUT2D eigenvalue weighted by molar-refractivity contribution is 6.30. The molecule has 1 heterocycles. The summed E-state index contributed by atoms with van der Waals surface area (Å²) in [6.45, 7) is 4.52. The van der Waals surface area contributed by atoms with Gasteiger partial charge in [0.2, 0.25) is 0 Å². The molecule has 1 saturated heterocycles. The van der Waals surface area contributed by atoms with Crippen molar-refractivity contribution in [3.63, 3.8) is 0 Å². The van der Waals surface area contributed by atoms with Gasteiger partial charge in [0.15, 0.2) is 0 Å². The third kappa shape index (κ3) is 3.44. The van der Waals surface area contributed by atoms with Crippen LogP contribution < -0.4 is 5.32 Å². The first-order valence-corrected chi connectivity index (χ1v) is 6.83. The molecule has 2 nitrogen and oxygen atoms in total. The quantitative estimate of drug-likeness (QED) is 0.889. The van der Waals surface area contributed by atoms with Crippen molar-refractivity contribution in [2.45, 2.75) is 25.8 Å². The third-order valence-electron chi connectivity index (χ3n) is 3.45. The third-order valence-corrected chi connectivity index (χ3v) is 3.68. The second kappa shape index (κ2) is 6.50. The Balaban J connectivity index is 2.09. The summed E-state index contributed by atoms with van der Waals surface area (Å²) >= 11 is 5.93. The van der Waals surface area contributed by atoms with Gasteiger partial charge in [-0.3, -0.25) is 0 Å². The van der Waals surface area contributed by atoms with E-state index in [1.165, 1.54) is 6.07 Å². The first kappa shape index (κ1) is 13.8. The Hall–Kier alpha value is -0.640. The van der Waals surface area contributed by atoms with Crippen molar-refractivity contribution in [1.29, 1.82) is 0 Å². The Labute approximate surface area is 112 Å². The first-order chi connectivity index (χ1) is 8.70. The van der Waals surface area contributed by atoms with E-state index in [0.29, 0.717) is 22.9 Å². The van der Waals surface area contributed by atoms with E-state index >= 15 is 0 Å². The van der Waals surface area contributed by atoms with Crippen LogP contribution in [0.15, 0.2) is 18.2 Å². The summed E-state index contributed by atoms with van der Waals surface area (Å²) < 4.78 is 19.2. The number of ether oxygens (including phenoxy) is 1. The van der Waals surface area contributed by atoms with Gasteiger partial charge in [-0.15, -0.1) is 0 Å². The van der Waals surface area contributed by atoms with Gasteiger partial charge < -0.3 is 10.1 Å². The molecule has 0 spiro atoms. The Morgan fingerprint density at radius 3 is 3.06 bits per heavy atom. The monoisotopic (exact) mass is 271 g/mol. The molecule has 0 saturated carbocycles. The van der Waals surface area contributed by atoms with Gasteiger partial charge >= 0.3 is 0 Å². The van der Waals surface area contributed by atoms with Gasteiger partial charge in [0, 0.05) is 23.6 Å². The predicted molar refractivity (Wildman–Crippen MR) is 71.5 cm³/mol. The normalized spacial score (nSPS) is 21.2. The molecule has 1 aliphatic rings. The van der Waals surface area contributed by atoms with Gasteiger partial charge in [-0.2, -0.15) is 0 Å². The van der Waals surface area contributed by atoms with E-state index in [1.54, 1.807) is 12.1 Å². The molecule has 0 aliphatic carbocycles. The van der Waals surface area contributed by atoms with Crippen LogP contribution in [0.4, 0.5) is 4.39 Å². The minimum atomic E-state index is -0.179. The number of benzene rings is 1.